The Labute approximate surface area is 182 Å². The summed E-state index contributed by atoms with van der Waals surface area (Å²) >= 11 is 0. The number of hydrogen-bond acceptors (Lipinski definition) is 6. The van der Waals surface area contributed by atoms with E-state index in [1.165, 1.54) is 35.2 Å². The second-order valence-corrected chi connectivity index (χ2v) is 7.70. The number of carboxylic acid groups (broad SMARTS) is 1. The van der Waals surface area contributed by atoms with Crippen LogP contribution in [0, 0.1) is 6.92 Å². The summed E-state index contributed by atoms with van der Waals surface area (Å²) in [6, 6.07) is 8.57. The van der Waals surface area contributed by atoms with Crippen molar-refractivity contribution in [3.05, 3.63) is 47.3 Å². The van der Waals surface area contributed by atoms with E-state index in [0.717, 1.165) is 6.42 Å². The normalized spacial score (nSPS) is 14.7. The molecule has 1 amide bonds. The summed E-state index contributed by atoms with van der Waals surface area (Å²) in [4.78, 5) is 26.2. The van der Waals surface area contributed by atoms with Gasteiger partial charge in [0.2, 0.25) is 5.88 Å². The number of piperidine rings is 1. The number of carbonyl (C=O) groups is 1. The van der Waals surface area contributed by atoms with Crippen molar-refractivity contribution in [3.63, 3.8) is 0 Å². The molecule has 3 rings (SSSR count). The van der Waals surface area contributed by atoms with E-state index < -0.39 is 6.09 Å². The quantitative estimate of drug-likeness (QED) is 0.475. The number of amides is 1. The van der Waals surface area contributed by atoms with E-state index >= 15 is 0 Å². The second kappa shape index (κ2) is 11.3. The van der Waals surface area contributed by atoms with Crippen LogP contribution < -0.4 is 9.57 Å². The number of rotatable bonds is 9. The maximum absolute atomic E-state index is 11.0. The summed E-state index contributed by atoms with van der Waals surface area (Å²) < 4.78 is 5.97. The smallest absolute Gasteiger partial charge is 0.407 e. The molecule has 0 bridgehead atoms. The average Bonchev–Trinajstić information content (AvgIpc) is 2.78. The van der Waals surface area contributed by atoms with Gasteiger partial charge in [-0.05, 0) is 30.9 Å². The molecule has 1 aliphatic rings. The molecule has 2 heterocycles. The van der Waals surface area contributed by atoms with Crippen LogP contribution >= 0.6 is 0 Å². The minimum atomic E-state index is -0.891. The first kappa shape index (κ1) is 22.5. The van der Waals surface area contributed by atoms with Crippen LogP contribution in [-0.4, -0.2) is 51.5 Å². The molecule has 0 spiro atoms. The standard InChI is InChI=1S/C23H30N4O4/c1-3-4-5-18-6-8-19(9-7-18)10-13-26-31-22-17(2)21(24-16-25-22)30-20-11-14-27(15-12-20)23(28)29/h6-9,13,16,20H,3-5,10-12,14-15H2,1-2H3,(H,28,29). The third-order valence-corrected chi connectivity index (χ3v) is 5.37. The Morgan fingerprint density at radius 2 is 1.87 bits per heavy atom. The molecule has 0 saturated carbocycles. The van der Waals surface area contributed by atoms with Crippen LogP contribution in [0.25, 0.3) is 0 Å². The van der Waals surface area contributed by atoms with E-state index in [1.807, 2.05) is 6.92 Å². The molecular formula is C23H30N4O4. The molecule has 2 aromatic rings. The first-order chi connectivity index (χ1) is 15.1. The fraction of sp³-hybridized carbons (Fsp3) is 0.478. The number of ether oxygens (including phenoxy) is 1. The monoisotopic (exact) mass is 426 g/mol. The molecule has 0 radical (unpaired) electrons. The number of oxime groups is 1. The molecule has 0 aliphatic carbocycles. The molecule has 31 heavy (non-hydrogen) atoms. The average molecular weight is 427 g/mol. The summed E-state index contributed by atoms with van der Waals surface area (Å²) in [5, 5.41) is 13.1. The van der Waals surface area contributed by atoms with Crippen LogP contribution in [0.5, 0.6) is 11.8 Å². The molecule has 0 atom stereocenters. The minimum Gasteiger partial charge on any atom is -0.474 e. The molecule has 8 heteroatoms. The zero-order valence-electron chi connectivity index (χ0n) is 18.2. The van der Waals surface area contributed by atoms with Crippen LogP contribution in [0.4, 0.5) is 4.79 Å². The lowest BCUT2D eigenvalue weighted by molar-refractivity contribution is 0.0863. The van der Waals surface area contributed by atoms with Gasteiger partial charge in [-0.25, -0.2) is 9.78 Å². The number of nitrogens with zero attached hydrogens (tertiary/aromatic N) is 4. The molecular weight excluding hydrogens is 396 g/mol. The van der Waals surface area contributed by atoms with Gasteiger partial charge in [-0.2, -0.15) is 4.98 Å². The molecule has 1 N–H and O–H groups in total. The Morgan fingerprint density at radius 1 is 1.19 bits per heavy atom. The first-order valence-electron chi connectivity index (χ1n) is 10.8. The summed E-state index contributed by atoms with van der Waals surface area (Å²) in [6.07, 6.45) is 7.57. The van der Waals surface area contributed by atoms with Gasteiger partial charge in [-0.15, -0.1) is 0 Å². The van der Waals surface area contributed by atoms with Gasteiger partial charge in [0.15, 0.2) is 0 Å². The highest BCUT2D eigenvalue weighted by atomic mass is 16.6. The third-order valence-electron chi connectivity index (χ3n) is 5.37. The third kappa shape index (κ3) is 6.67. The van der Waals surface area contributed by atoms with Crippen molar-refractivity contribution < 1.29 is 19.5 Å². The van der Waals surface area contributed by atoms with Crippen molar-refractivity contribution in [2.45, 2.75) is 58.5 Å². The topological polar surface area (TPSA) is 97.1 Å². The van der Waals surface area contributed by atoms with E-state index in [1.54, 1.807) is 6.21 Å². The summed E-state index contributed by atoms with van der Waals surface area (Å²) in [5.41, 5.74) is 3.20. The van der Waals surface area contributed by atoms with Crippen molar-refractivity contribution in [1.29, 1.82) is 0 Å². The Hall–Kier alpha value is -3.16. The van der Waals surface area contributed by atoms with Crippen molar-refractivity contribution in [2.24, 2.45) is 5.16 Å². The summed E-state index contributed by atoms with van der Waals surface area (Å²) in [6.45, 7) is 4.93. The fourth-order valence-electron chi connectivity index (χ4n) is 3.41. The number of likely N-dealkylation sites (tertiary alicyclic amines) is 1. The molecule has 1 aliphatic heterocycles. The number of unbranched alkanes of at least 4 members (excludes halogenated alkanes) is 1. The highest BCUT2D eigenvalue weighted by Crippen LogP contribution is 2.25. The molecule has 1 saturated heterocycles. The molecule has 1 aromatic carbocycles. The lowest BCUT2D eigenvalue weighted by Gasteiger charge is -2.30. The fourth-order valence-corrected chi connectivity index (χ4v) is 3.41. The Bertz CT molecular complexity index is 878. The van der Waals surface area contributed by atoms with Crippen LogP contribution in [0.3, 0.4) is 0 Å². The zero-order chi connectivity index (χ0) is 22.1. The van der Waals surface area contributed by atoms with Gasteiger partial charge in [0.25, 0.3) is 5.88 Å². The van der Waals surface area contributed by atoms with Gasteiger partial charge >= 0.3 is 6.09 Å². The second-order valence-electron chi connectivity index (χ2n) is 7.70. The van der Waals surface area contributed by atoms with Crippen molar-refractivity contribution in [3.8, 4) is 11.8 Å². The molecule has 1 fully saturated rings. The first-order valence-corrected chi connectivity index (χ1v) is 10.8. The maximum atomic E-state index is 11.0. The van der Waals surface area contributed by atoms with Gasteiger partial charge in [-0.3, -0.25) is 0 Å². The van der Waals surface area contributed by atoms with Gasteiger partial charge in [0, 0.05) is 38.6 Å². The lowest BCUT2D eigenvalue weighted by atomic mass is 10.1. The summed E-state index contributed by atoms with van der Waals surface area (Å²) in [7, 11) is 0. The van der Waals surface area contributed by atoms with Gasteiger partial charge in [0.05, 0.1) is 5.56 Å². The highest BCUT2D eigenvalue weighted by molar-refractivity contribution is 5.65. The Balaban J connectivity index is 1.50. The van der Waals surface area contributed by atoms with E-state index in [4.69, 9.17) is 14.7 Å². The van der Waals surface area contributed by atoms with Crippen LogP contribution in [-0.2, 0) is 12.8 Å². The van der Waals surface area contributed by atoms with Gasteiger partial charge in [0.1, 0.15) is 12.4 Å². The zero-order valence-corrected chi connectivity index (χ0v) is 18.2. The van der Waals surface area contributed by atoms with Crippen LogP contribution in [0.1, 0.15) is 49.3 Å². The number of aryl methyl sites for hydroxylation is 1. The predicted molar refractivity (Wildman–Crippen MR) is 118 cm³/mol. The minimum absolute atomic E-state index is 0.0825. The van der Waals surface area contributed by atoms with Crippen molar-refractivity contribution in [1.82, 2.24) is 14.9 Å². The van der Waals surface area contributed by atoms with Crippen molar-refractivity contribution >= 4 is 12.3 Å². The maximum Gasteiger partial charge on any atom is 0.407 e. The van der Waals surface area contributed by atoms with E-state index in [2.05, 4.69) is 46.3 Å². The molecule has 1 aromatic heterocycles. The number of hydrogen-bond donors (Lipinski definition) is 1. The largest absolute Gasteiger partial charge is 0.474 e. The molecule has 8 nitrogen and oxygen atoms in total. The van der Waals surface area contributed by atoms with Crippen LogP contribution in [0.15, 0.2) is 35.7 Å². The van der Waals surface area contributed by atoms with Gasteiger partial charge in [-0.1, -0.05) is 42.8 Å². The lowest BCUT2D eigenvalue weighted by Crippen LogP contribution is -2.41. The SMILES string of the molecule is CCCCc1ccc(CC=NOc2ncnc(OC3CCN(C(=O)O)CC3)c2C)cc1. The number of benzene rings is 1. The summed E-state index contributed by atoms with van der Waals surface area (Å²) in [5.74, 6) is 0.788. The van der Waals surface area contributed by atoms with E-state index in [0.29, 0.717) is 49.7 Å². The van der Waals surface area contributed by atoms with E-state index in [9.17, 15) is 4.79 Å². The van der Waals surface area contributed by atoms with Crippen LogP contribution in [0.2, 0.25) is 0 Å². The Morgan fingerprint density at radius 3 is 2.55 bits per heavy atom. The highest BCUT2D eigenvalue weighted by Gasteiger charge is 2.24. The van der Waals surface area contributed by atoms with Crippen molar-refractivity contribution in [2.75, 3.05) is 13.1 Å². The predicted octanol–water partition coefficient (Wildman–Crippen LogP) is 4.26. The van der Waals surface area contributed by atoms with E-state index in [-0.39, 0.29) is 6.10 Å². The van der Waals surface area contributed by atoms with Gasteiger partial charge < -0.3 is 19.6 Å². The molecule has 0 unspecified atom stereocenters. The Kier molecular flexibility index (Phi) is 8.20. The number of aromatic nitrogens is 2. The molecule has 166 valence electrons.